The third-order valence-electron chi connectivity index (χ3n) is 3.68. The van der Waals surface area contributed by atoms with Crippen molar-refractivity contribution in [2.45, 2.75) is 25.2 Å². The van der Waals surface area contributed by atoms with Gasteiger partial charge in [-0.2, -0.15) is 5.26 Å². The second-order valence-electron chi connectivity index (χ2n) is 4.90. The molecule has 1 atom stereocenters. The maximum absolute atomic E-state index is 12.6. The number of para-hydroxylation sites is 1. The number of ether oxygens (including phenoxy) is 1. The lowest BCUT2D eigenvalue weighted by molar-refractivity contribution is -0.144. The summed E-state index contributed by atoms with van der Waals surface area (Å²) in [6, 6.07) is 9.48. The average molecular weight is 272 g/mol. The molecule has 0 radical (unpaired) electrons. The van der Waals surface area contributed by atoms with Gasteiger partial charge in [0.05, 0.1) is 6.07 Å². The normalized spacial score (nSPS) is 20.4. The first-order valence-electron chi connectivity index (χ1n) is 6.41. The fourth-order valence-corrected chi connectivity index (χ4v) is 2.66. The van der Waals surface area contributed by atoms with Gasteiger partial charge in [0, 0.05) is 26.1 Å². The summed E-state index contributed by atoms with van der Waals surface area (Å²) in [5.41, 5.74) is 0.693. The van der Waals surface area contributed by atoms with Crippen LogP contribution in [0, 0.1) is 11.3 Å². The Balaban J connectivity index is 2.47. The lowest BCUT2D eigenvalue weighted by Crippen LogP contribution is -2.42. The number of fused-ring (bicyclic) bond motifs is 1. The molecular weight excluding hydrogens is 256 g/mol. The van der Waals surface area contributed by atoms with Gasteiger partial charge in [0.1, 0.15) is 12.0 Å². The van der Waals surface area contributed by atoms with Crippen LogP contribution < -0.4 is 4.90 Å². The Labute approximate surface area is 117 Å². The van der Waals surface area contributed by atoms with Gasteiger partial charge in [-0.15, -0.1) is 0 Å². The standard InChI is InChI=1S/C15H16N2O3/c1-11(18)20-10-15(8-5-9-16)12-6-3-4-7-13(12)17(2)14(15)19/h3-4,6-7H,5,8,10H2,1-2H3/t15-/m1/s1. The fourth-order valence-electron chi connectivity index (χ4n) is 2.66. The molecule has 2 rings (SSSR count). The minimum absolute atomic E-state index is 0.0236. The first-order valence-corrected chi connectivity index (χ1v) is 6.41. The van der Waals surface area contributed by atoms with Crippen LogP contribution in [0.15, 0.2) is 24.3 Å². The zero-order valence-electron chi connectivity index (χ0n) is 11.5. The Morgan fingerprint density at radius 3 is 2.80 bits per heavy atom. The SMILES string of the molecule is CC(=O)OC[C@@]1(CCC#N)C(=O)N(C)c2ccccc21. The van der Waals surface area contributed by atoms with Crippen LogP contribution in [0.4, 0.5) is 5.69 Å². The number of hydrogen-bond donors (Lipinski definition) is 0. The number of carbonyl (C=O) groups excluding carboxylic acids is 2. The molecule has 5 nitrogen and oxygen atoms in total. The molecule has 104 valence electrons. The summed E-state index contributed by atoms with van der Waals surface area (Å²) in [4.78, 5) is 25.3. The summed E-state index contributed by atoms with van der Waals surface area (Å²) in [6.45, 7) is 1.29. The lowest BCUT2D eigenvalue weighted by Gasteiger charge is -2.26. The van der Waals surface area contributed by atoms with E-state index < -0.39 is 11.4 Å². The van der Waals surface area contributed by atoms with Crippen LogP contribution >= 0.6 is 0 Å². The smallest absolute Gasteiger partial charge is 0.302 e. The van der Waals surface area contributed by atoms with Crippen molar-refractivity contribution in [3.63, 3.8) is 0 Å². The van der Waals surface area contributed by atoms with Gasteiger partial charge < -0.3 is 9.64 Å². The highest BCUT2D eigenvalue weighted by Crippen LogP contribution is 2.44. The molecule has 5 heteroatoms. The van der Waals surface area contributed by atoms with Crippen molar-refractivity contribution >= 4 is 17.6 Å². The molecule has 1 aromatic carbocycles. The highest BCUT2D eigenvalue weighted by Gasteiger charge is 2.50. The highest BCUT2D eigenvalue weighted by molar-refractivity contribution is 6.08. The predicted octanol–water partition coefficient (Wildman–Crippen LogP) is 1.77. The van der Waals surface area contributed by atoms with Crippen molar-refractivity contribution in [2.75, 3.05) is 18.6 Å². The van der Waals surface area contributed by atoms with Crippen molar-refractivity contribution in [1.29, 1.82) is 5.26 Å². The number of carbonyl (C=O) groups is 2. The number of rotatable bonds is 4. The van der Waals surface area contributed by atoms with E-state index in [0.717, 1.165) is 11.3 Å². The zero-order valence-corrected chi connectivity index (χ0v) is 11.5. The van der Waals surface area contributed by atoms with Gasteiger partial charge >= 0.3 is 5.97 Å². The zero-order chi connectivity index (χ0) is 14.8. The molecule has 1 aliphatic heterocycles. The van der Waals surface area contributed by atoms with E-state index in [0.29, 0.717) is 6.42 Å². The van der Waals surface area contributed by atoms with Crippen LogP contribution in [-0.2, 0) is 19.7 Å². The molecule has 0 spiro atoms. The molecule has 20 heavy (non-hydrogen) atoms. The maximum Gasteiger partial charge on any atom is 0.302 e. The first kappa shape index (κ1) is 14.1. The molecule has 0 aliphatic carbocycles. The van der Waals surface area contributed by atoms with Crippen LogP contribution in [0.25, 0.3) is 0 Å². The topological polar surface area (TPSA) is 70.4 Å². The number of likely N-dealkylation sites (N-methyl/N-ethyl adjacent to an activating group) is 1. The quantitative estimate of drug-likeness (QED) is 0.783. The second-order valence-corrected chi connectivity index (χ2v) is 4.90. The molecular formula is C15H16N2O3. The molecule has 0 unspecified atom stereocenters. The van der Waals surface area contributed by atoms with Crippen LogP contribution in [0.2, 0.25) is 0 Å². The molecule has 1 aromatic rings. The van der Waals surface area contributed by atoms with Crippen LogP contribution in [0.1, 0.15) is 25.3 Å². The number of anilines is 1. The van der Waals surface area contributed by atoms with E-state index in [9.17, 15) is 9.59 Å². The molecule has 0 bridgehead atoms. The summed E-state index contributed by atoms with van der Waals surface area (Å²) in [5.74, 6) is -0.559. The van der Waals surface area contributed by atoms with Crippen molar-refractivity contribution in [3.05, 3.63) is 29.8 Å². The Bertz CT molecular complexity index is 591. The van der Waals surface area contributed by atoms with Gasteiger partial charge in [0.15, 0.2) is 0 Å². The number of nitriles is 1. The van der Waals surface area contributed by atoms with Gasteiger partial charge in [-0.25, -0.2) is 0 Å². The monoisotopic (exact) mass is 272 g/mol. The number of nitrogens with zero attached hydrogens (tertiary/aromatic N) is 2. The first-order chi connectivity index (χ1) is 9.53. The largest absolute Gasteiger partial charge is 0.464 e. The Morgan fingerprint density at radius 2 is 2.15 bits per heavy atom. The van der Waals surface area contributed by atoms with Crippen LogP contribution in [-0.4, -0.2) is 25.5 Å². The molecule has 0 saturated carbocycles. The van der Waals surface area contributed by atoms with Crippen LogP contribution in [0.5, 0.6) is 0 Å². The number of hydrogen-bond acceptors (Lipinski definition) is 4. The van der Waals surface area contributed by atoms with E-state index in [2.05, 4.69) is 6.07 Å². The molecule has 1 amide bonds. The van der Waals surface area contributed by atoms with Crippen molar-refractivity contribution in [2.24, 2.45) is 0 Å². The summed E-state index contributed by atoms with van der Waals surface area (Å²) in [5, 5.41) is 8.84. The van der Waals surface area contributed by atoms with Gasteiger partial charge in [-0.1, -0.05) is 18.2 Å². The van der Waals surface area contributed by atoms with E-state index >= 15 is 0 Å². The van der Waals surface area contributed by atoms with E-state index in [4.69, 9.17) is 10.00 Å². The van der Waals surface area contributed by atoms with Gasteiger partial charge in [-0.3, -0.25) is 9.59 Å². The predicted molar refractivity (Wildman–Crippen MR) is 73.0 cm³/mol. The fraction of sp³-hybridized carbons (Fsp3) is 0.400. The maximum atomic E-state index is 12.6. The van der Waals surface area contributed by atoms with E-state index in [1.165, 1.54) is 6.92 Å². The van der Waals surface area contributed by atoms with Gasteiger partial charge in [0.2, 0.25) is 5.91 Å². The van der Waals surface area contributed by atoms with E-state index in [-0.39, 0.29) is 18.9 Å². The molecule has 1 heterocycles. The third kappa shape index (κ3) is 2.14. The molecule has 0 fully saturated rings. The summed E-state index contributed by atoms with van der Waals surface area (Å²) in [6.07, 6.45) is 0.576. The number of esters is 1. The Hall–Kier alpha value is -2.35. The van der Waals surface area contributed by atoms with E-state index in [1.807, 2.05) is 24.3 Å². The third-order valence-corrected chi connectivity index (χ3v) is 3.68. The minimum Gasteiger partial charge on any atom is -0.464 e. The molecule has 0 aromatic heterocycles. The van der Waals surface area contributed by atoms with Crippen molar-refractivity contribution in [3.8, 4) is 6.07 Å². The lowest BCUT2D eigenvalue weighted by atomic mass is 9.78. The number of benzene rings is 1. The molecule has 0 saturated heterocycles. The van der Waals surface area contributed by atoms with Gasteiger partial charge in [0.25, 0.3) is 0 Å². The van der Waals surface area contributed by atoms with E-state index in [1.54, 1.807) is 11.9 Å². The summed E-state index contributed by atoms with van der Waals surface area (Å²) >= 11 is 0. The minimum atomic E-state index is -0.938. The molecule has 1 aliphatic rings. The van der Waals surface area contributed by atoms with Crippen LogP contribution in [0.3, 0.4) is 0 Å². The number of amides is 1. The van der Waals surface area contributed by atoms with Crippen molar-refractivity contribution in [1.82, 2.24) is 0 Å². The molecule has 0 N–H and O–H groups in total. The Morgan fingerprint density at radius 1 is 1.45 bits per heavy atom. The second kappa shape index (κ2) is 5.33. The highest BCUT2D eigenvalue weighted by atomic mass is 16.5. The summed E-state index contributed by atoms with van der Waals surface area (Å²) < 4.78 is 5.11. The summed E-state index contributed by atoms with van der Waals surface area (Å²) in [7, 11) is 1.70. The van der Waals surface area contributed by atoms with Crippen molar-refractivity contribution < 1.29 is 14.3 Å². The Kier molecular flexibility index (Phi) is 3.75. The van der Waals surface area contributed by atoms with Gasteiger partial charge in [-0.05, 0) is 18.1 Å². The average Bonchev–Trinajstić information content (AvgIpc) is 2.66.